The minimum absolute atomic E-state index is 0.268. The number of aromatic nitrogens is 2. The molecule has 2 rings (SSSR count). The quantitative estimate of drug-likeness (QED) is 0.855. The van der Waals surface area contributed by atoms with Crippen molar-refractivity contribution in [2.45, 2.75) is 39.3 Å². The van der Waals surface area contributed by atoms with Crippen molar-refractivity contribution < 1.29 is 14.7 Å². The number of aryl methyl sites for hydroxylation is 1. The molecular weight excluding hydrogens is 306 g/mol. The molecule has 0 saturated carbocycles. The van der Waals surface area contributed by atoms with E-state index in [0.29, 0.717) is 10.2 Å². The predicted octanol–water partition coefficient (Wildman–Crippen LogP) is 1.000. The van der Waals surface area contributed by atoms with E-state index in [0.717, 1.165) is 11.3 Å². The van der Waals surface area contributed by atoms with Crippen LogP contribution in [0.1, 0.15) is 25.6 Å². The standard InChI is InChI=1S/C14H17N3O4S/c1-4-8-5-9-11(22-8)15-7-17(12(9)19)6-10(18)16-14(2,3)13(20)21/h5,7H,4,6H2,1-3H3,(H,16,18)(H,20,21). The molecule has 0 saturated heterocycles. The van der Waals surface area contributed by atoms with Gasteiger partial charge in [0, 0.05) is 4.88 Å². The SMILES string of the molecule is CCc1cc2c(=O)n(CC(=O)NC(C)(C)C(=O)O)cnc2s1. The van der Waals surface area contributed by atoms with Crippen molar-refractivity contribution in [1.29, 1.82) is 0 Å². The molecule has 0 aliphatic heterocycles. The molecule has 118 valence electrons. The molecule has 0 fully saturated rings. The molecule has 0 radical (unpaired) electrons. The van der Waals surface area contributed by atoms with E-state index in [1.165, 1.54) is 36.1 Å². The number of carbonyl (C=O) groups is 2. The van der Waals surface area contributed by atoms with Gasteiger partial charge in [0.25, 0.3) is 5.56 Å². The van der Waals surface area contributed by atoms with E-state index < -0.39 is 17.4 Å². The van der Waals surface area contributed by atoms with Gasteiger partial charge in [0.15, 0.2) is 0 Å². The van der Waals surface area contributed by atoms with Crippen LogP contribution in [0.2, 0.25) is 0 Å². The second kappa shape index (κ2) is 5.88. The van der Waals surface area contributed by atoms with Crippen molar-refractivity contribution in [3.8, 4) is 0 Å². The van der Waals surface area contributed by atoms with Crippen LogP contribution < -0.4 is 10.9 Å². The fourth-order valence-electron chi connectivity index (χ4n) is 1.89. The van der Waals surface area contributed by atoms with Crippen molar-refractivity contribution >= 4 is 33.4 Å². The van der Waals surface area contributed by atoms with Crippen LogP contribution in [0.4, 0.5) is 0 Å². The molecule has 0 spiro atoms. The summed E-state index contributed by atoms with van der Waals surface area (Å²) in [6, 6.07) is 1.78. The molecule has 2 N–H and O–H groups in total. The highest BCUT2D eigenvalue weighted by Crippen LogP contribution is 2.20. The van der Waals surface area contributed by atoms with Crippen molar-refractivity contribution in [3.05, 3.63) is 27.6 Å². The zero-order valence-electron chi connectivity index (χ0n) is 12.5. The molecule has 8 heteroatoms. The number of aliphatic carboxylic acids is 1. The Morgan fingerprint density at radius 3 is 2.73 bits per heavy atom. The van der Waals surface area contributed by atoms with Crippen molar-refractivity contribution in [3.63, 3.8) is 0 Å². The lowest BCUT2D eigenvalue weighted by atomic mass is 10.1. The Labute approximate surface area is 130 Å². The van der Waals surface area contributed by atoms with Gasteiger partial charge in [0.1, 0.15) is 16.9 Å². The van der Waals surface area contributed by atoms with Gasteiger partial charge in [-0.25, -0.2) is 9.78 Å². The Morgan fingerprint density at radius 1 is 1.45 bits per heavy atom. The molecule has 0 unspecified atom stereocenters. The fraction of sp³-hybridized carbons (Fsp3) is 0.429. The van der Waals surface area contributed by atoms with E-state index in [-0.39, 0.29) is 12.1 Å². The van der Waals surface area contributed by atoms with Crippen LogP contribution in [0.15, 0.2) is 17.2 Å². The number of amides is 1. The maximum atomic E-state index is 12.3. The summed E-state index contributed by atoms with van der Waals surface area (Å²) < 4.78 is 1.18. The highest BCUT2D eigenvalue weighted by molar-refractivity contribution is 7.18. The van der Waals surface area contributed by atoms with Gasteiger partial charge in [0.2, 0.25) is 5.91 Å². The zero-order valence-corrected chi connectivity index (χ0v) is 13.4. The molecule has 0 atom stereocenters. The van der Waals surface area contributed by atoms with Gasteiger partial charge in [-0.05, 0) is 26.3 Å². The first kappa shape index (κ1) is 16.2. The molecule has 0 aromatic carbocycles. The molecule has 2 aromatic rings. The van der Waals surface area contributed by atoms with Crippen LogP contribution in [0.5, 0.6) is 0 Å². The summed E-state index contributed by atoms with van der Waals surface area (Å²) in [5.74, 6) is -1.70. The predicted molar refractivity (Wildman–Crippen MR) is 83.1 cm³/mol. The second-order valence-electron chi connectivity index (χ2n) is 5.44. The number of carbonyl (C=O) groups excluding carboxylic acids is 1. The minimum atomic E-state index is -1.39. The van der Waals surface area contributed by atoms with Crippen molar-refractivity contribution in [2.24, 2.45) is 0 Å². The lowest BCUT2D eigenvalue weighted by Crippen LogP contribution is -2.51. The highest BCUT2D eigenvalue weighted by Gasteiger charge is 2.29. The molecule has 0 aliphatic rings. The summed E-state index contributed by atoms with van der Waals surface area (Å²) in [7, 11) is 0. The van der Waals surface area contributed by atoms with E-state index in [1.54, 1.807) is 6.07 Å². The van der Waals surface area contributed by atoms with Gasteiger partial charge in [0.05, 0.1) is 11.7 Å². The van der Waals surface area contributed by atoms with Crippen LogP contribution in [-0.4, -0.2) is 32.1 Å². The average molecular weight is 323 g/mol. The van der Waals surface area contributed by atoms with Gasteiger partial charge < -0.3 is 10.4 Å². The number of fused-ring (bicyclic) bond motifs is 1. The van der Waals surface area contributed by atoms with Crippen LogP contribution in [-0.2, 0) is 22.6 Å². The Kier molecular flexibility index (Phi) is 4.32. The number of hydrogen-bond donors (Lipinski definition) is 2. The average Bonchev–Trinajstić information content (AvgIpc) is 2.85. The largest absolute Gasteiger partial charge is 0.480 e. The summed E-state index contributed by atoms with van der Waals surface area (Å²) in [6.07, 6.45) is 2.13. The number of rotatable bonds is 5. The Balaban J connectivity index is 2.25. The molecule has 2 heterocycles. The Bertz CT molecular complexity index is 791. The monoisotopic (exact) mass is 323 g/mol. The van der Waals surface area contributed by atoms with Crippen LogP contribution >= 0.6 is 11.3 Å². The summed E-state index contributed by atoms with van der Waals surface area (Å²) in [6.45, 7) is 4.48. The second-order valence-corrected chi connectivity index (χ2v) is 6.56. The fourth-order valence-corrected chi connectivity index (χ4v) is 2.82. The number of nitrogens with one attached hydrogen (secondary N) is 1. The third kappa shape index (κ3) is 3.16. The van der Waals surface area contributed by atoms with Crippen LogP contribution in [0.25, 0.3) is 10.2 Å². The number of carboxylic acids is 1. The van der Waals surface area contributed by atoms with E-state index in [2.05, 4.69) is 10.3 Å². The topological polar surface area (TPSA) is 101 Å². The van der Waals surface area contributed by atoms with E-state index in [4.69, 9.17) is 5.11 Å². The van der Waals surface area contributed by atoms with Gasteiger partial charge in [-0.15, -0.1) is 11.3 Å². The molecule has 7 nitrogen and oxygen atoms in total. The zero-order chi connectivity index (χ0) is 16.5. The first-order chi connectivity index (χ1) is 10.2. The summed E-state index contributed by atoms with van der Waals surface area (Å²) in [4.78, 5) is 41.1. The first-order valence-corrected chi connectivity index (χ1v) is 7.58. The maximum Gasteiger partial charge on any atom is 0.328 e. The number of carboxylic acid groups (broad SMARTS) is 1. The van der Waals surface area contributed by atoms with Gasteiger partial charge in [-0.2, -0.15) is 0 Å². The molecule has 1 amide bonds. The smallest absolute Gasteiger partial charge is 0.328 e. The lowest BCUT2D eigenvalue weighted by molar-refractivity contribution is -0.146. The van der Waals surface area contributed by atoms with Gasteiger partial charge in [-0.3, -0.25) is 14.2 Å². The number of thiophene rings is 1. The molecular formula is C14H17N3O4S. The molecule has 22 heavy (non-hydrogen) atoms. The normalized spacial score (nSPS) is 11.6. The van der Waals surface area contributed by atoms with Crippen molar-refractivity contribution in [1.82, 2.24) is 14.9 Å². The molecule has 0 aliphatic carbocycles. The maximum absolute atomic E-state index is 12.3. The van der Waals surface area contributed by atoms with Crippen LogP contribution in [0, 0.1) is 0 Å². The van der Waals surface area contributed by atoms with Gasteiger partial charge >= 0.3 is 5.97 Å². The molecule has 2 aromatic heterocycles. The summed E-state index contributed by atoms with van der Waals surface area (Å²) in [5, 5.41) is 11.8. The minimum Gasteiger partial charge on any atom is -0.480 e. The molecule has 0 bridgehead atoms. The number of nitrogens with zero attached hydrogens (tertiary/aromatic N) is 2. The van der Waals surface area contributed by atoms with Crippen molar-refractivity contribution in [2.75, 3.05) is 0 Å². The first-order valence-electron chi connectivity index (χ1n) is 6.77. The van der Waals surface area contributed by atoms with E-state index in [1.807, 2.05) is 6.92 Å². The van der Waals surface area contributed by atoms with Crippen LogP contribution in [0.3, 0.4) is 0 Å². The summed E-state index contributed by atoms with van der Waals surface area (Å²) in [5.41, 5.74) is -1.69. The lowest BCUT2D eigenvalue weighted by Gasteiger charge is -2.21. The van der Waals surface area contributed by atoms with E-state index >= 15 is 0 Å². The third-order valence-corrected chi connectivity index (χ3v) is 4.41. The third-order valence-electron chi connectivity index (χ3n) is 3.22. The Morgan fingerprint density at radius 2 is 2.14 bits per heavy atom. The summed E-state index contributed by atoms with van der Waals surface area (Å²) >= 11 is 1.45. The number of hydrogen-bond acceptors (Lipinski definition) is 5. The van der Waals surface area contributed by atoms with E-state index in [9.17, 15) is 14.4 Å². The highest BCUT2D eigenvalue weighted by atomic mass is 32.1. The Hall–Kier alpha value is -2.22. The van der Waals surface area contributed by atoms with Gasteiger partial charge in [-0.1, -0.05) is 6.92 Å².